The zero-order valence-corrected chi connectivity index (χ0v) is 19.1. The fourth-order valence-electron chi connectivity index (χ4n) is 3.00. The second kappa shape index (κ2) is 10.3. The number of rotatable bonds is 6. The molecule has 3 rings (SSSR count). The summed E-state index contributed by atoms with van der Waals surface area (Å²) in [5, 5.41) is 0.621. The number of ether oxygens (including phenoxy) is 1. The van der Waals surface area contributed by atoms with Crippen molar-refractivity contribution in [1.29, 1.82) is 0 Å². The summed E-state index contributed by atoms with van der Waals surface area (Å²) in [6.45, 7) is 6.47. The van der Waals surface area contributed by atoms with Gasteiger partial charge in [0.15, 0.2) is 5.78 Å². The summed E-state index contributed by atoms with van der Waals surface area (Å²) >= 11 is 5.87. The highest BCUT2D eigenvalue weighted by Gasteiger charge is 2.13. The van der Waals surface area contributed by atoms with Crippen LogP contribution < -0.4 is 4.74 Å². The Bertz CT molecular complexity index is 1150. The summed E-state index contributed by atoms with van der Waals surface area (Å²) in [7, 11) is 0. The fourth-order valence-corrected chi connectivity index (χ4v) is 3.12. The van der Waals surface area contributed by atoms with Gasteiger partial charge in [0.2, 0.25) is 0 Å². The van der Waals surface area contributed by atoms with E-state index >= 15 is 0 Å². The molecule has 0 heterocycles. The van der Waals surface area contributed by atoms with Gasteiger partial charge in [-0.3, -0.25) is 4.79 Å². The summed E-state index contributed by atoms with van der Waals surface area (Å²) < 4.78 is 5.41. The van der Waals surface area contributed by atoms with Crippen LogP contribution in [0, 0.1) is 0 Å². The van der Waals surface area contributed by atoms with Gasteiger partial charge in [-0.2, -0.15) is 0 Å². The highest BCUT2D eigenvalue weighted by molar-refractivity contribution is 6.30. The lowest BCUT2D eigenvalue weighted by molar-refractivity contribution is -0.128. The first-order valence-electron chi connectivity index (χ1n) is 10.3. The average molecular weight is 445 g/mol. The monoisotopic (exact) mass is 444 g/mol. The van der Waals surface area contributed by atoms with Gasteiger partial charge in [0.1, 0.15) is 5.75 Å². The van der Waals surface area contributed by atoms with Crippen LogP contribution in [-0.4, -0.2) is 11.8 Å². The minimum atomic E-state index is -0.568. The number of hydrogen-bond acceptors (Lipinski definition) is 3. The number of esters is 1. The van der Waals surface area contributed by atoms with Crippen molar-refractivity contribution >= 4 is 35.5 Å². The largest absolute Gasteiger partial charge is 0.423 e. The standard InChI is InChI=1S/C28H25ClO3/c1-28(2,3)22-14-8-20(9-15-22)12-18-25(30)24-6-4-5-7-26(24)32-27(31)19-13-21-10-16-23(29)17-11-21/h4-19H,1-3H3/b18-12+,19-13+. The van der Waals surface area contributed by atoms with Gasteiger partial charge < -0.3 is 4.74 Å². The maximum absolute atomic E-state index is 12.7. The number of para-hydroxylation sites is 1. The summed E-state index contributed by atoms with van der Waals surface area (Å²) in [6, 6.07) is 21.9. The van der Waals surface area contributed by atoms with Crippen molar-refractivity contribution in [3.05, 3.63) is 112 Å². The van der Waals surface area contributed by atoms with Gasteiger partial charge in [-0.05, 0) is 58.5 Å². The van der Waals surface area contributed by atoms with Gasteiger partial charge in [-0.25, -0.2) is 4.79 Å². The molecule has 32 heavy (non-hydrogen) atoms. The topological polar surface area (TPSA) is 43.4 Å². The predicted molar refractivity (Wildman–Crippen MR) is 131 cm³/mol. The number of carbonyl (C=O) groups excluding carboxylic acids is 2. The van der Waals surface area contributed by atoms with Gasteiger partial charge in [-0.15, -0.1) is 0 Å². The molecule has 0 fully saturated rings. The van der Waals surface area contributed by atoms with Crippen molar-refractivity contribution in [3.63, 3.8) is 0 Å². The number of carbonyl (C=O) groups is 2. The van der Waals surface area contributed by atoms with Gasteiger partial charge in [0, 0.05) is 11.1 Å². The van der Waals surface area contributed by atoms with Crippen molar-refractivity contribution < 1.29 is 14.3 Å². The molecular weight excluding hydrogens is 420 g/mol. The molecule has 3 aromatic carbocycles. The van der Waals surface area contributed by atoms with E-state index < -0.39 is 5.97 Å². The SMILES string of the molecule is CC(C)(C)c1ccc(/C=C/C(=O)c2ccccc2OC(=O)/C=C/c2ccc(Cl)cc2)cc1. The summed E-state index contributed by atoms with van der Waals surface area (Å²) in [6.07, 6.45) is 6.19. The smallest absolute Gasteiger partial charge is 0.336 e. The first-order valence-corrected chi connectivity index (χ1v) is 10.7. The quantitative estimate of drug-likeness (QED) is 0.175. The lowest BCUT2D eigenvalue weighted by atomic mass is 9.87. The van der Waals surface area contributed by atoms with Crippen molar-refractivity contribution in [2.75, 3.05) is 0 Å². The molecule has 0 radical (unpaired) electrons. The van der Waals surface area contributed by atoms with E-state index in [1.807, 2.05) is 12.1 Å². The minimum Gasteiger partial charge on any atom is -0.423 e. The molecule has 0 bridgehead atoms. The van der Waals surface area contributed by atoms with Crippen LogP contribution in [0.3, 0.4) is 0 Å². The molecule has 0 aliphatic heterocycles. The van der Waals surface area contributed by atoms with Crippen LogP contribution in [0.25, 0.3) is 12.2 Å². The van der Waals surface area contributed by atoms with Crippen molar-refractivity contribution in [2.24, 2.45) is 0 Å². The molecule has 0 saturated carbocycles. The Kier molecular flexibility index (Phi) is 7.45. The second-order valence-corrected chi connectivity index (χ2v) is 8.81. The first-order chi connectivity index (χ1) is 15.2. The van der Waals surface area contributed by atoms with Crippen LogP contribution in [0.5, 0.6) is 5.75 Å². The minimum absolute atomic E-state index is 0.0723. The van der Waals surface area contributed by atoms with Gasteiger partial charge in [-0.1, -0.05) is 87.0 Å². The van der Waals surface area contributed by atoms with Gasteiger partial charge in [0.05, 0.1) is 5.56 Å². The van der Waals surface area contributed by atoms with Crippen LogP contribution >= 0.6 is 11.6 Å². The third-order valence-electron chi connectivity index (χ3n) is 4.85. The van der Waals surface area contributed by atoms with Crippen LogP contribution in [0.4, 0.5) is 0 Å². The van der Waals surface area contributed by atoms with E-state index in [0.717, 1.165) is 11.1 Å². The zero-order valence-electron chi connectivity index (χ0n) is 18.3. The number of hydrogen-bond donors (Lipinski definition) is 0. The Balaban J connectivity index is 1.69. The van der Waals surface area contributed by atoms with Crippen molar-refractivity contribution in [2.45, 2.75) is 26.2 Å². The van der Waals surface area contributed by atoms with E-state index in [2.05, 4.69) is 32.9 Å². The molecule has 0 unspecified atom stereocenters. The van der Waals surface area contributed by atoms with Crippen molar-refractivity contribution in [3.8, 4) is 5.75 Å². The van der Waals surface area contributed by atoms with Crippen LogP contribution in [-0.2, 0) is 10.2 Å². The van der Waals surface area contributed by atoms with Gasteiger partial charge in [0.25, 0.3) is 0 Å². The molecular formula is C28H25ClO3. The molecule has 0 aliphatic rings. The second-order valence-electron chi connectivity index (χ2n) is 8.37. The Morgan fingerprint density at radius 2 is 1.34 bits per heavy atom. The van der Waals surface area contributed by atoms with E-state index in [0.29, 0.717) is 10.6 Å². The third kappa shape index (κ3) is 6.53. The van der Waals surface area contributed by atoms with E-state index in [-0.39, 0.29) is 16.9 Å². The van der Waals surface area contributed by atoms with Crippen LogP contribution in [0.1, 0.15) is 47.8 Å². The van der Waals surface area contributed by atoms with Crippen LogP contribution in [0.2, 0.25) is 5.02 Å². The normalized spacial score (nSPS) is 11.8. The molecule has 4 heteroatoms. The zero-order chi connectivity index (χ0) is 23.1. The molecule has 0 aromatic heterocycles. The molecule has 0 atom stereocenters. The Hall–Kier alpha value is -3.43. The molecule has 0 spiro atoms. The van der Waals surface area contributed by atoms with E-state index in [1.165, 1.54) is 17.7 Å². The third-order valence-corrected chi connectivity index (χ3v) is 5.10. The molecule has 0 saturated heterocycles. The number of allylic oxidation sites excluding steroid dienone is 1. The summed E-state index contributed by atoms with van der Waals surface area (Å²) in [5.41, 5.74) is 3.36. The lowest BCUT2D eigenvalue weighted by Crippen LogP contribution is -2.10. The molecule has 162 valence electrons. The maximum Gasteiger partial charge on any atom is 0.336 e. The van der Waals surface area contributed by atoms with E-state index in [4.69, 9.17) is 16.3 Å². The molecule has 0 aliphatic carbocycles. The number of ketones is 1. The Morgan fingerprint density at radius 1 is 0.781 bits per heavy atom. The first kappa shape index (κ1) is 23.2. The molecule has 3 aromatic rings. The molecule has 0 N–H and O–H groups in total. The van der Waals surface area contributed by atoms with Gasteiger partial charge >= 0.3 is 5.97 Å². The molecule has 0 amide bonds. The lowest BCUT2D eigenvalue weighted by Gasteiger charge is -2.18. The van der Waals surface area contributed by atoms with Crippen LogP contribution in [0.15, 0.2) is 84.9 Å². The van der Waals surface area contributed by atoms with Crippen molar-refractivity contribution in [1.82, 2.24) is 0 Å². The Labute approximate surface area is 194 Å². The Morgan fingerprint density at radius 3 is 1.97 bits per heavy atom. The number of benzene rings is 3. The summed E-state index contributed by atoms with van der Waals surface area (Å²) in [5.74, 6) is -0.590. The van der Waals surface area contributed by atoms with E-state index in [9.17, 15) is 9.59 Å². The highest BCUT2D eigenvalue weighted by Crippen LogP contribution is 2.23. The predicted octanol–water partition coefficient (Wildman–Crippen LogP) is 7.15. The maximum atomic E-state index is 12.7. The molecule has 3 nitrogen and oxygen atoms in total. The summed E-state index contributed by atoms with van der Waals surface area (Å²) in [4.78, 5) is 25.0. The fraction of sp³-hybridized carbons (Fsp3) is 0.143. The van der Waals surface area contributed by atoms with E-state index in [1.54, 1.807) is 60.7 Å². The average Bonchev–Trinajstić information content (AvgIpc) is 2.77. The number of halogens is 1. The highest BCUT2D eigenvalue weighted by atomic mass is 35.5.